The predicted octanol–water partition coefficient (Wildman–Crippen LogP) is 2.49. The number of furan rings is 1. The molecular weight excluding hydrogens is 206 g/mol. The average Bonchev–Trinajstić information content (AvgIpc) is 2.72. The Kier molecular flexibility index (Phi) is 2.90. The van der Waals surface area contributed by atoms with E-state index in [0.717, 1.165) is 10.9 Å². The fourth-order valence-electron chi connectivity index (χ4n) is 1.63. The Morgan fingerprint density at radius 1 is 1.62 bits per heavy atom. The van der Waals surface area contributed by atoms with E-state index < -0.39 is 0 Å². The van der Waals surface area contributed by atoms with Crippen LogP contribution in [0.4, 0.5) is 0 Å². The van der Waals surface area contributed by atoms with Gasteiger partial charge in [0, 0.05) is 17.1 Å². The van der Waals surface area contributed by atoms with Crippen molar-refractivity contribution in [1.82, 2.24) is 4.98 Å². The highest BCUT2D eigenvalue weighted by Gasteiger charge is 2.20. The SMILES string of the molecule is CCOC(=O)C(C)c1coc2cnccc12. The molecule has 2 aromatic rings. The summed E-state index contributed by atoms with van der Waals surface area (Å²) in [7, 11) is 0. The molecule has 4 nitrogen and oxygen atoms in total. The largest absolute Gasteiger partial charge is 0.466 e. The van der Waals surface area contributed by atoms with Crippen LogP contribution < -0.4 is 0 Å². The van der Waals surface area contributed by atoms with Crippen LogP contribution in [0.1, 0.15) is 25.3 Å². The van der Waals surface area contributed by atoms with Crippen molar-refractivity contribution in [3.63, 3.8) is 0 Å². The monoisotopic (exact) mass is 219 g/mol. The molecule has 0 saturated heterocycles. The number of rotatable bonds is 3. The third-order valence-corrected chi connectivity index (χ3v) is 2.52. The van der Waals surface area contributed by atoms with E-state index in [-0.39, 0.29) is 11.9 Å². The Morgan fingerprint density at radius 2 is 2.44 bits per heavy atom. The summed E-state index contributed by atoms with van der Waals surface area (Å²) in [6, 6.07) is 1.84. The lowest BCUT2D eigenvalue weighted by Gasteiger charge is -2.08. The lowest BCUT2D eigenvalue weighted by molar-refractivity contribution is -0.144. The molecule has 2 rings (SSSR count). The van der Waals surface area contributed by atoms with Crippen molar-refractivity contribution in [2.24, 2.45) is 0 Å². The van der Waals surface area contributed by atoms with Gasteiger partial charge in [-0.05, 0) is 19.9 Å². The van der Waals surface area contributed by atoms with Gasteiger partial charge in [0.25, 0.3) is 0 Å². The first-order chi connectivity index (χ1) is 7.74. The molecule has 0 saturated carbocycles. The van der Waals surface area contributed by atoms with Gasteiger partial charge < -0.3 is 9.15 Å². The van der Waals surface area contributed by atoms with Gasteiger partial charge in [0.2, 0.25) is 0 Å². The minimum absolute atomic E-state index is 0.234. The van der Waals surface area contributed by atoms with Gasteiger partial charge in [-0.2, -0.15) is 0 Å². The van der Waals surface area contributed by atoms with Crippen LogP contribution in [0.25, 0.3) is 11.0 Å². The van der Waals surface area contributed by atoms with Crippen LogP contribution in [-0.2, 0) is 9.53 Å². The topological polar surface area (TPSA) is 52.3 Å². The Balaban J connectivity index is 2.36. The lowest BCUT2D eigenvalue weighted by Crippen LogP contribution is -2.12. The Hall–Kier alpha value is -1.84. The standard InChI is InChI=1S/C12H13NO3/c1-3-15-12(14)8(2)10-7-16-11-6-13-5-4-9(10)11/h4-8H,3H2,1-2H3. The van der Waals surface area contributed by atoms with Crippen LogP contribution in [0.5, 0.6) is 0 Å². The fourth-order valence-corrected chi connectivity index (χ4v) is 1.63. The van der Waals surface area contributed by atoms with Crippen molar-refractivity contribution in [2.45, 2.75) is 19.8 Å². The summed E-state index contributed by atoms with van der Waals surface area (Å²) in [4.78, 5) is 15.6. The summed E-state index contributed by atoms with van der Waals surface area (Å²) in [5.41, 5.74) is 1.53. The summed E-state index contributed by atoms with van der Waals surface area (Å²) < 4.78 is 10.3. The second kappa shape index (κ2) is 4.35. The number of esters is 1. The van der Waals surface area contributed by atoms with Crippen LogP contribution in [0.3, 0.4) is 0 Å². The number of carbonyl (C=O) groups excluding carboxylic acids is 1. The summed E-state index contributed by atoms with van der Waals surface area (Å²) >= 11 is 0. The molecular formula is C12H13NO3. The van der Waals surface area contributed by atoms with Crippen LogP contribution in [0, 0.1) is 0 Å². The van der Waals surface area contributed by atoms with Gasteiger partial charge in [-0.25, -0.2) is 0 Å². The van der Waals surface area contributed by atoms with E-state index in [9.17, 15) is 4.79 Å². The van der Waals surface area contributed by atoms with E-state index in [2.05, 4.69) is 4.98 Å². The van der Waals surface area contributed by atoms with Crippen LogP contribution >= 0.6 is 0 Å². The second-order valence-corrected chi connectivity index (χ2v) is 3.54. The van der Waals surface area contributed by atoms with Gasteiger partial charge in [-0.15, -0.1) is 0 Å². The zero-order valence-corrected chi connectivity index (χ0v) is 9.27. The number of carbonyl (C=O) groups is 1. The zero-order valence-electron chi connectivity index (χ0n) is 9.27. The lowest BCUT2D eigenvalue weighted by atomic mass is 10.0. The van der Waals surface area contributed by atoms with Crippen LogP contribution in [-0.4, -0.2) is 17.6 Å². The maximum absolute atomic E-state index is 11.6. The molecule has 0 amide bonds. The van der Waals surface area contributed by atoms with E-state index >= 15 is 0 Å². The first-order valence-electron chi connectivity index (χ1n) is 5.21. The van der Waals surface area contributed by atoms with E-state index in [0.29, 0.717) is 12.2 Å². The highest BCUT2D eigenvalue weighted by Crippen LogP contribution is 2.27. The molecule has 16 heavy (non-hydrogen) atoms. The molecule has 0 aromatic carbocycles. The Morgan fingerprint density at radius 3 is 3.19 bits per heavy atom. The predicted molar refractivity (Wildman–Crippen MR) is 59.1 cm³/mol. The summed E-state index contributed by atoms with van der Waals surface area (Å²) in [6.45, 7) is 3.99. The third kappa shape index (κ3) is 1.78. The highest BCUT2D eigenvalue weighted by atomic mass is 16.5. The Labute approximate surface area is 93.2 Å². The van der Waals surface area contributed by atoms with Gasteiger partial charge in [-0.1, -0.05) is 0 Å². The molecule has 0 aliphatic rings. The van der Waals surface area contributed by atoms with Crippen LogP contribution in [0.2, 0.25) is 0 Å². The van der Waals surface area contributed by atoms with Crippen molar-refractivity contribution in [1.29, 1.82) is 0 Å². The second-order valence-electron chi connectivity index (χ2n) is 3.54. The van der Waals surface area contributed by atoms with Gasteiger partial charge in [0.05, 0.1) is 25.0 Å². The third-order valence-electron chi connectivity index (χ3n) is 2.52. The summed E-state index contributed by atoms with van der Waals surface area (Å²) in [6.07, 6.45) is 4.91. The van der Waals surface area contributed by atoms with Crippen molar-refractivity contribution < 1.29 is 13.9 Å². The highest BCUT2D eigenvalue weighted by molar-refractivity contribution is 5.87. The molecule has 0 N–H and O–H groups in total. The molecule has 4 heteroatoms. The first-order valence-corrected chi connectivity index (χ1v) is 5.21. The number of fused-ring (bicyclic) bond motifs is 1. The normalized spacial score (nSPS) is 12.6. The van der Waals surface area contributed by atoms with Crippen LogP contribution in [0.15, 0.2) is 29.1 Å². The van der Waals surface area contributed by atoms with Gasteiger partial charge in [0.1, 0.15) is 0 Å². The first kappa shape index (κ1) is 10.7. The van der Waals surface area contributed by atoms with Crippen molar-refractivity contribution in [3.8, 4) is 0 Å². The maximum Gasteiger partial charge on any atom is 0.313 e. The number of hydrogen-bond acceptors (Lipinski definition) is 4. The van der Waals surface area contributed by atoms with Gasteiger partial charge >= 0.3 is 5.97 Å². The van der Waals surface area contributed by atoms with Gasteiger partial charge in [-0.3, -0.25) is 9.78 Å². The molecule has 84 valence electrons. The number of aromatic nitrogens is 1. The van der Waals surface area contributed by atoms with E-state index in [1.165, 1.54) is 0 Å². The minimum Gasteiger partial charge on any atom is -0.466 e. The molecule has 0 spiro atoms. The van der Waals surface area contributed by atoms with Crippen molar-refractivity contribution >= 4 is 16.9 Å². The number of hydrogen-bond donors (Lipinski definition) is 0. The molecule has 0 radical (unpaired) electrons. The summed E-state index contributed by atoms with van der Waals surface area (Å²) in [5.74, 6) is -0.550. The molecule has 0 aliphatic carbocycles. The zero-order chi connectivity index (χ0) is 11.5. The molecule has 2 heterocycles. The van der Waals surface area contributed by atoms with E-state index in [1.807, 2.05) is 13.0 Å². The molecule has 0 bridgehead atoms. The van der Waals surface area contributed by atoms with Crippen molar-refractivity contribution in [3.05, 3.63) is 30.3 Å². The Bertz CT molecular complexity index is 504. The summed E-state index contributed by atoms with van der Waals surface area (Å²) in [5, 5.41) is 0.913. The molecule has 2 aromatic heterocycles. The number of ether oxygens (including phenoxy) is 1. The molecule has 0 aliphatic heterocycles. The van der Waals surface area contributed by atoms with Gasteiger partial charge in [0.15, 0.2) is 5.58 Å². The minimum atomic E-state index is -0.316. The smallest absolute Gasteiger partial charge is 0.313 e. The van der Waals surface area contributed by atoms with E-state index in [1.54, 1.807) is 25.6 Å². The fraction of sp³-hybridized carbons (Fsp3) is 0.333. The molecule has 0 fully saturated rings. The number of nitrogens with zero attached hydrogens (tertiary/aromatic N) is 1. The average molecular weight is 219 g/mol. The van der Waals surface area contributed by atoms with E-state index in [4.69, 9.17) is 9.15 Å². The molecule has 1 unspecified atom stereocenters. The number of pyridine rings is 1. The molecule has 1 atom stereocenters. The van der Waals surface area contributed by atoms with Crippen molar-refractivity contribution in [2.75, 3.05) is 6.61 Å². The quantitative estimate of drug-likeness (QED) is 0.744. The maximum atomic E-state index is 11.6.